The third-order valence-corrected chi connectivity index (χ3v) is 7.40. The van der Waals surface area contributed by atoms with E-state index in [0.717, 1.165) is 36.2 Å². The summed E-state index contributed by atoms with van der Waals surface area (Å²) in [5.74, 6) is 2.57. The van der Waals surface area contributed by atoms with Gasteiger partial charge in [0.1, 0.15) is 11.8 Å². The summed E-state index contributed by atoms with van der Waals surface area (Å²) in [7, 11) is 0. The number of nitrogens with zero attached hydrogens (tertiary/aromatic N) is 5. The predicted octanol–water partition coefficient (Wildman–Crippen LogP) is 3.81. The van der Waals surface area contributed by atoms with Gasteiger partial charge in [0, 0.05) is 30.2 Å². The van der Waals surface area contributed by atoms with Gasteiger partial charge in [-0.3, -0.25) is 9.69 Å². The van der Waals surface area contributed by atoms with E-state index in [1.807, 2.05) is 42.5 Å². The third kappa shape index (κ3) is 4.85. The zero-order valence-corrected chi connectivity index (χ0v) is 21.7. The average molecular weight is 541 g/mol. The number of benzene rings is 2. The van der Waals surface area contributed by atoms with Crippen LogP contribution in [0.15, 0.2) is 76.1 Å². The summed E-state index contributed by atoms with van der Waals surface area (Å²) in [4.78, 5) is 19.0. The molecule has 2 atom stereocenters. The van der Waals surface area contributed by atoms with Gasteiger partial charge in [0.25, 0.3) is 5.56 Å². The van der Waals surface area contributed by atoms with Crippen LogP contribution >= 0.6 is 0 Å². The standard InChI is InChI=1S/C29H28N6O5/c36-29-23(12-20-13-25-26(40-18-39-25)14-24(20)30-29)27(28-31-32-33-35(28)17-22-9-5-11-38-22)34(16-21-8-4-10-37-21)15-19-6-2-1-3-7-19/h1-4,6-8,10,12-14,22,27H,5,9,11,15-18H2,(H,30,36)/t22-,27+/m0/s1. The van der Waals surface area contributed by atoms with Gasteiger partial charge in [-0.1, -0.05) is 30.3 Å². The minimum atomic E-state index is -0.597. The summed E-state index contributed by atoms with van der Waals surface area (Å²) in [5.41, 5.74) is 2.02. The Balaban J connectivity index is 1.38. The topological polar surface area (TPSA) is 121 Å². The van der Waals surface area contributed by atoms with Crippen molar-refractivity contribution in [2.45, 2.75) is 44.6 Å². The lowest BCUT2D eigenvalue weighted by Gasteiger charge is -2.30. The smallest absolute Gasteiger partial charge is 0.253 e. The van der Waals surface area contributed by atoms with Crippen LogP contribution < -0.4 is 15.0 Å². The first-order valence-electron chi connectivity index (χ1n) is 13.4. The first-order valence-corrected chi connectivity index (χ1v) is 13.4. The largest absolute Gasteiger partial charge is 0.468 e. The number of ether oxygens (including phenoxy) is 3. The summed E-state index contributed by atoms with van der Waals surface area (Å²) in [6, 6.07) is 18.9. The molecule has 2 aliphatic rings. The summed E-state index contributed by atoms with van der Waals surface area (Å²) in [6.45, 7) is 2.33. The second kappa shape index (κ2) is 10.6. The second-order valence-electron chi connectivity index (χ2n) is 10.1. The molecule has 0 aliphatic carbocycles. The van der Waals surface area contributed by atoms with Crippen molar-refractivity contribution in [3.63, 3.8) is 0 Å². The van der Waals surface area contributed by atoms with Crippen molar-refractivity contribution in [2.75, 3.05) is 13.4 Å². The molecule has 0 saturated carbocycles. The van der Waals surface area contributed by atoms with E-state index in [1.54, 1.807) is 17.0 Å². The molecule has 7 rings (SSSR count). The molecule has 204 valence electrons. The number of fused-ring (bicyclic) bond motifs is 2. The van der Waals surface area contributed by atoms with Crippen LogP contribution in [0.2, 0.25) is 0 Å². The monoisotopic (exact) mass is 540 g/mol. The fraction of sp³-hybridized carbons (Fsp3) is 0.310. The Kier molecular flexibility index (Phi) is 6.50. The van der Waals surface area contributed by atoms with Crippen LogP contribution in [-0.2, 0) is 24.4 Å². The maximum absolute atomic E-state index is 13.8. The van der Waals surface area contributed by atoms with E-state index in [2.05, 4.69) is 37.5 Å². The molecule has 11 heteroatoms. The fourth-order valence-corrected chi connectivity index (χ4v) is 5.49. The maximum atomic E-state index is 13.8. The molecule has 1 N–H and O–H groups in total. The Morgan fingerprint density at radius 2 is 1.93 bits per heavy atom. The maximum Gasteiger partial charge on any atom is 0.253 e. The summed E-state index contributed by atoms with van der Waals surface area (Å²) < 4.78 is 24.6. The van der Waals surface area contributed by atoms with Crippen molar-refractivity contribution < 1.29 is 18.6 Å². The molecule has 0 radical (unpaired) electrons. The zero-order chi connectivity index (χ0) is 26.9. The minimum Gasteiger partial charge on any atom is -0.468 e. The highest BCUT2D eigenvalue weighted by atomic mass is 16.7. The van der Waals surface area contributed by atoms with Crippen molar-refractivity contribution in [2.24, 2.45) is 0 Å². The minimum absolute atomic E-state index is 0.0187. The number of hydrogen-bond acceptors (Lipinski definition) is 9. The van der Waals surface area contributed by atoms with Gasteiger partial charge in [-0.25, -0.2) is 4.68 Å². The summed E-state index contributed by atoms with van der Waals surface area (Å²) in [5, 5.41) is 13.7. The summed E-state index contributed by atoms with van der Waals surface area (Å²) >= 11 is 0. The van der Waals surface area contributed by atoms with Crippen LogP contribution in [0.4, 0.5) is 0 Å². The van der Waals surface area contributed by atoms with Crippen LogP contribution in [0.25, 0.3) is 10.9 Å². The van der Waals surface area contributed by atoms with E-state index in [-0.39, 0.29) is 18.5 Å². The molecule has 11 nitrogen and oxygen atoms in total. The SMILES string of the molecule is O=c1[nH]c2cc3c(cc2cc1[C@H](c1nnnn1C[C@@H]1CCCO1)N(Cc1ccccc1)Cc1ccco1)OCO3. The molecule has 2 aromatic carbocycles. The molecule has 5 heterocycles. The van der Waals surface area contributed by atoms with Gasteiger partial charge in [-0.05, 0) is 53.1 Å². The number of pyridine rings is 1. The first-order chi connectivity index (χ1) is 19.7. The van der Waals surface area contributed by atoms with Gasteiger partial charge in [0.2, 0.25) is 6.79 Å². The number of rotatable bonds is 9. The normalized spacial score (nSPS) is 17.2. The highest BCUT2D eigenvalue weighted by Gasteiger charge is 2.33. The Bertz CT molecular complexity index is 1660. The molecule has 1 fully saturated rings. The van der Waals surface area contributed by atoms with Gasteiger partial charge in [0.05, 0.1) is 31.0 Å². The van der Waals surface area contributed by atoms with Crippen LogP contribution in [0.3, 0.4) is 0 Å². The van der Waals surface area contributed by atoms with Crippen LogP contribution in [0.1, 0.15) is 41.6 Å². The van der Waals surface area contributed by atoms with Crippen LogP contribution in [-0.4, -0.2) is 49.6 Å². The number of aromatic amines is 1. The molecule has 40 heavy (non-hydrogen) atoms. The van der Waals surface area contributed by atoms with Crippen LogP contribution in [0.5, 0.6) is 11.5 Å². The molecule has 0 bridgehead atoms. The van der Waals surface area contributed by atoms with Crippen molar-refractivity contribution in [3.8, 4) is 11.5 Å². The predicted molar refractivity (Wildman–Crippen MR) is 144 cm³/mol. The molecule has 0 unspecified atom stereocenters. The van der Waals surface area contributed by atoms with Crippen molar-refractivity contribution in [3.05, 3.63) is 100.0 Å². The zero-order valence-electron chi connectivity index (χ0n) is 21.7. The molecule has 3 aromatic heterocycles. The van der Waals surface area contributed by atoms with E-state index in [0.29, 0.717) is 48.0 Å². The van der Waals surface area contributed by atoms with Crippen molar-refractivity contribution in [1.82, 2.24) is 30.1 Å². The lowest BCUT2D eigenvalue weighted by atomic mass is 10.0. The number of hydrogen-bond donors (Lipinski definition) is 1. The Morgan fingerprint density at radius 1 is 1.05 bits per heavy atom. The van der Waals surface area contributed by atoms with Crippen molar-refractivity contribution in [1.29, 1.82) is 0 Å². The molecule has 5 aromatic rings. The molecule has 1 saturated heterocycles. The van der Waals surface area contributed by atoms with Gasteiger partial charge >= 0.3 is 0 Å². The van der Waals surface area contributed by atoms with Gasteiger partial charge < -0.3 is 23.6 Å². The quantitative estimate of drug-likeness (QED) is 0.298. The first kappa shape index (κ1) is 24.6. The molecular weight excluding hydrogens is 512 g/mol. The average Bonchev–Trinajstić information content (AvgIpc) is 3.78. The Morgan fingerprint density at radius 3 is 2.73 bits per heavy atom. The van der Waals surface area contributed by atoms with E-state index >= 15 is 0 Å². The lowest BCUT2D eigenvalue weighted by molar-refractivity contribution is 0.0901. The number of furan rings is 1. The number of H-pyrrole nitrogens is 1. The van der Waals surface area contributed by atoms with E-state index in [9.17, 15) is 4.79 Å². The number of aromatic nitrogens is 5. The molecular formula is C29H28N6O5. The summed E-state index contributed by atoms with van der Waals surface area (Å²) in [6.07, 6.45) is 3.61. The number of nitrogens with one attached hydrogen (secondary N) is 1. The second-order valence-corrected chi connectivity index (χ2v) is 10.1. The van der Waals surface area contributed by atoms with Gasteiger partial charge in [-0.2, -0.15) is 0 Å². The highest BCUT2D eigenvalue weighted by Crippen LogP contribution is 2.37. The molecule has 0 amide bonds. The van der Waals surface area contributed by atoms with Crippen molar-refractivity contribution >= 4 is 10.9 Å². The third-order valence-electron chi connectivity index (χ3n) is 7.40. The molecule has 0 spiro atoms. The van der Waals surface area contributed by atoms with E-state index < -0.39 is 6.04 Å². The Labute approximate surface area is 229 Å². The van der Waals surface area contributed by atoms with E-state index in [1.165, 1.54) is 0 Å². The molecule has 2 aliphatic heterocycles. The lowest BCUT2D eigenvalue weighted by Crippen LogP contribution is -2.35. The fourth-order valence-electron chi connectivity index (χ4n) is 5.49. The number of tetrazole rings is 1. The van der Waals surface area contributed by atoms with E-state index in [4.69, 9.17) is 18.6 Å². The van der Waals surface area contributed by atoms with Gasteiger partial charge in [-0.15, -0.1) is 5.10 Å². The Hall–Kier alpha value is -4.48. The highest BCUT2D eigenvalue weighted by molar-refractivity contribution is 5.83. The van der Waals surface area contributed by atoms with Crippen LogP contribution in [0, 0.1) is 0 Å². The van der Waals surface area contributed by atoms with Gasteiger partial charge in [0.15, 0.2) is 17.3 Å².